The van der Waals surface area contributed by atoms with E-state index in [-0.39, 0.29) is 55.9 Å². The van der Waals surface area contributed by atoms with Crippen molar-refractivity contribution in [3.63, 3.8) is 0 Å². The van der Waals surface area contributed by atoms with Crippen molar-refractivity contribution in [2.75, 3.05) is 46.2 Å². The van der Waals surface area contributed by atoms with Crippen LogP contribution >= 0.6 is 0 Å². The average Bonchev–Trinajstić information content (AvgIpc) is 3.03. The summed E-state index contributed by atoms with van der Waals surface area (Å²) in [6.07, 6.45) is 5.95. The van der Waals surface area contributed by atoms with Crippen LogP contribution in [-0.4, -0.2) is 81.9 Å². The largest absolute Gasteiger partial charge is 0.465 e. The zero-order valence-corrected chi connectivity index (χ0v) is 30.2. The van der Waals surface area contributed by atoms with Crippen LogP contribution in [0.2, 0.25) is 0 Å². The molecule has 49 heavy (non-hydrogen) atoms. The van der Waals surface area contributed by atoms with Crippen LogP contribution in [0.25, 0.3) is 0 Å². The van der Waals surface area contributed by atoms with Crippen molar-refractivity contribution in [3.05, 3.63) is 50.6 Å². The molecule has 0 fully saturated rings. The van der Waals surface area contributed by atoms with E-state index in [4.69, 9.17) is 28.4 Å². The molecule has 0 aliphatic rings. The minimum Gasteiger partial charge on any atom is -0.465 e. The molecule has 0 unspecified atom stereocenters. The molecule has 0 aliphatic carbocycles. The lowest BCUT2D eigenvalue weighted by molar-refractivity contribution is -0.168. The highest BCUT2D eigenvalue weighted by atomic mass is 16.6. The van der Waals surface area contributed by atoms with Crippen LogP contribution < -0.4 is 0 Å². The molecule has 0 radical (unpaired) electrons. The molecule has 276 valence electrons. The van der Waals surface area contributed by atoms with E-state index in [1.807, 2.05) is 20.8 Å². The van der Waals surface area contributed by atoms with Gasteiger partial charge in [0, 0.05) is 37.1 Å². The maximum absolute atomic E-state index is 12.8. The fraction of sp³-hybridized carbons (Fsp3) is 0.622. The Balaban J connectivity index is 6.22. The van der Waals surface area contributed by atoms with Crippen molar-refractivity contribution in [1.29, 1.82) is 0 Å². The fourth-order valence-electron chi connectivity index (χ4n) is 4.76. The summed E-state index contributed by atoms with van der Waals surface area (Å²) in [6.45, 7) is 23.5. The van der Waals surface area contributed by atoms with Crippen molar-refractivity contribution in [2.24, 2.45) is 21.7 Å². The molecule has 0 heterocycles. The van der Waals surface area contributed by atoms with Gasteiger partial charge in [-0.3, -0.25) is 9.59 Å². The Morgan fingerprint density at radius 2 is 0.878 bits per heavy atom. The van der Waals surface area contributed by atoms with E-state index < -0.39 is 60.5 Å². The number of hydrogen-bond donors (Lipinski definition) is 0. The molecule has 0 rings (SSSR count). The lowest BCUT2D eigenvalue weighted by atomic mass is 9.75. The molecule has 0 atom stereocenters. The fourth-order valence-corrected chi connectivity index (χ4v) is 4.76. The minimum absolute atomic E-state index is 0.00838. The molecule has 12 nitrogen and oxygen atoms in total. The Morgan fingerprint density at radius 3 is 1.27 bits per heavy atom. The van der Waals surface area contributed by atoms with E-state index in [0.29, 0.717) is 19.3 Å². The van der Waals surface area contributed by atoms with Crippen molar-refractivity contribution in [3.8, 4) is 0 Å². The summed E-state index contributed by atoms with van der Waals surface area (Å²) in [5, 5.41) is 0. The smallest absolute Gasteiger partial charge is 0.330 e. The Labute approximate surface area is 291 Å². The SMILES string of the molecule is C=CC(=O)OCC(COCC(COC(=O)C=C)(COC(=O)C=C)CC(C)(C)C)(COC(=O)C=C)COC(=O)CCC(=O)CCCC(C)(C)C. The van der Waals surface area contributed by atoms with Gasteiger partial charge in [0.1, 0.15) is 38.8 Å². The molecule has 0 aromatic heterocycles. The molecule has 0 aliphatic heterocycles. The van der Waals surface area contributed by atoms with Gasteiger partial charge in [0.2, 0.25) is 0 Å². The summed E-state index contributed by atoms with van der Waals surface area (Å²) in [5.74, 6) is -3.74. The number of rotatable bonds is 25. The van der Waals surface area contributed by atoms with E-state index in [1.54, 1.807) is 0 Å². The van der Waals surface area contributed by atoms with E-state index in [2.05, 4.69) is 47.1 Å². The topological polar surface area (TPSA) is 158 Å². The Hall–Kier alpha value is -4.06. The van der Waals surface area contributed by atoms with Crippen molar-refractivity contribution in [2.45, 2.75) is 80.1 Å². The second kappa shape index (κ2) is 21.8. The van der Waals surface area contributed by atoms with Crippen molar-refractivity contribution < 1.29 is 57.2 Å². The molecule has 0 N–H and O–H groups in total. The number of Topliss-reactive ketones (excluding diaryl/α,β-unsaturated/α-hetero) is 1. The number of ketones is 1. The summed E-state index contributed by atoms with van der Waals surface area (Å²) >= 11 is 0. The Morgan fingerprint density at radius 1 is 0.490 bits per heavy atom. The molecule has 0 aromatic rings. The Bertz CT molecular complexity index is 1120. The lowest BCUT2D eigenvalue weighted by Gasteiger charge is -2.39. The third-order valence-corrected chi connectivity index (χ3v) is 7.00. The first kappa shape index (κ1) is 44.9. The highest BCUT2D eigenvalue weighted by Gasteiger charge is 2.41. The molecule has 0 bridgehead atoms. The minimum atomic E-state index is -1.44. The number of esters is 5. The maximum atomic E-state index is 12.8. The third-order valence-electron chi connectivity index (χ3n) is 7.00. The standard InChI is InChI=1S/C37H56O12/c1-11-29(39)45-23-36(20-35(8,9)10,24-46-30(40)12-2)21-44-22-37(25-47-31(41)13-3,26-48-32(42)14-4)27-49-33(43)18-17-28(38)16-15-19-34(5,6)7/h11-14H,1-4,15-27H2,5-10H3. The Kier molecular flexibility index (Phi) is 20.0. The van der Waals surface area contributed by atoms with Crippen LogP contribution in [0.15, 0.2) is 50.6 Å². The molecular weight excluding hydrogens is 636 g/mol. The normalized spacial score (nSPS) is 11.8. The van der Waals surface area contributed by atoms with Gasteiger partial charge < -0.3 is 28.4 Å². The first-order valence-electron chi connectivity index (χ1n) is 16.1. The molecular formula is C37H56O12. The van der Waals surface area contributed by atoms with Crippen molar-refractivity contribution >= 4 is 35.6 Å². The van der Waals surface area contributed by atoms with Gasteiger partial charge in [-0.2, -0.15) is 0 Å². The average molecular weight is 693 g/mol. The van der Waals surface area contributed by atoms with Gasteiger partial charge >= 0.3 is 29.8 Å². The predicted octanol–water partition coefficient (Wildman–Crippen LogP) is 5.44. The lowest BCUT2D eigenvalue weighted by Crippen LogP contribution is -2.46. The van der Waals surface area contributed by atoms with Crippen LogP contribution in [0.4, 0.5) is 0 Å². The van der Waals surface area contributed by atoms with Gasteiger partial charge in [-0.25, -0.2) is 19.2 Å². The highest BCUT2D eigenvalue weighted by Crippen LogP contribution is 2.36. The van der Waals surface area contributed by atoms with Gasteiger partial charge in [-0.1, -0.05) is 67.9 Å². The van der Waals surface area contributed by atoms with Gasteiger partial charge in [0.05, 0.1) is 30.5 Å². The van der Waals surface area contributed by atoms with Crippen LogP contribution in [0.5, 0.6) is 0 Å². The van der Waals surface area contributed by atoms with Gasteiger partial charge in [0.25, 0.3) is 0 Å². The maximum Gasteiger partial charge on any atom is 0.330 e. The summed E-state index contributed by atoms with van der Waals surface area (Å²) in [7, 11) is 0. The van der Waals surface area contributed by atoms with Crippen LogP contribution in [0.1, 0.15) is 80.1 Å². The van der Waals surface area contributed by atoms with E-state index in [9.17, 15) is 28.8 Å². The molecule has 0 saturated carbocycles. The second-order valence-corrected chi connectivity index (χ2v) is 14.6. The van der Waals surface area contributed by atoms with Crippen molar-refractivity contribution in [1.82, 2.24) is 0 Å². The van der Waals surface area contributed by atoms with E-state index in [1.165, 1.54) is 0 Å². The first-order chi connectivity index (χ1) is 22.7. The molecule has 0 aromatic carbocycles. The number of carbonyl (C=O) groups excluding carboxylic acids is 6. The van der Waals surface area contributed by atoms with Crippen LogP contribution in [-0.2, 0) is 57.2 Å². The third kappa shape index (κ3) is 21.5. The van der Waals surface area contributed by atoms with Crippen LogP contribution in [0.3, 0.4) is 0 Å². The number of ether oxygens (including phenoxy) is 6. The number of carbonyl (C=O) groups is 6. The monoisotopic (exact) mass is 692 g/mol. The van der Waals surface area contributed by atoms with Crippen LogP contribution in [0, 0.1) is 21.7 Å². The molecule has 12 heteroatoms. The zero-order chi connectivity index (χ0) is 37.7. The van der Waals surface area contributed by atoms with E-state index in [0.717, 1.165) is 30.7 Å². The summed E-state index contributed by atoms with van der Waals surface area (Å²) in [6, 6.07) is 0. The molecule has 0 spiro atoms. The van der Waals surface area contributed by atoms with Gasteiger partial charge in [-0.05, 0) is 30.1 Å². The quantitative estimate of drug-likeness (QED) is 0.0679. The summed E-state index contributed by atoms with van der Waals surface area (Å²) in [5.41, 5.74) is -2.80. The van der Waals surface area contributed by atoms with Gasteiger partial charge in [-0.15, -0.1) is 0 Å². The highest BCUT2D eigenvalue weighted by molar-refractivity contribution is 5.83. The second-order valence-electron chi connectivity index (χ2n) is 14.6. The molecule has 0 amide bonds. The number of hydrogen-bond acceptors (Lipinski definition) is 12. The molecule has 0 saturated heterocycles. The first-order valence-corrected chi connectivity index (χ1v) is 16.1. The zero-order valence-electron chi connectivity index (χ0n) is 30.2. The summed E-state index contributed by atoms with van der Waals surface area (Å²) in [4.78, 5) is 73.5. The van der Waals surface area contributed by atoms with Gasteiger partial charge in [0.15, 0.2) is 0 Å². The predicted molar refractivity (Wildman–Crippen MR) is 183 cm³/mol. The summed E-state index contributed by atoms with van der Waals surface area (Å²) < 4.78 is 33.1. The van der Waals surface area contributed by atoms with E-state index >= 15 is 0 Å².